The van der Waals surface area contributed by atoms with Crippen molar-refractivity contribution in [3.05, 3.63) is 18.3 Å². The van der Waals surface area contributed by atoms with Gasteiger partial charge in [-0.1, -0.05) is 6.92 Å². The minimum absolute atomic E-state index is 0.0298. The number of aromatic nitrogens is 1. The molecule has 0 saturated heterocycles. The third-order valence-corrected chi connectivity index (χ3v) is 4.55. The first-order valence-electron chi connectivity index (χ1n) is 5.81. The van der Waals surface area contributed by atoms with Crippen LogP contribution in [0.2, 0.25) is 0 Å². The van der Waals surface area contributed by atoms with Crippen LogP contribution in [0.3, 0.4) is 0 Å². The Morgan fingerprint density at radius 3 is 2.78 bits per heavy atom. The van der Waals surface area contributed by atoms with Crippen LogP contribution in [0.25, 0.3) is 0 Å². The lowest BCUT2D eigenvalue weighted by molar-refractivity contribution is 0.271. The van der Waals surface area contributed by atoms with Gasteiger partial charge < -0.3 is 10.4 Å². The van der Waals surface area contributed by atoms with Crippen molar-refractivity contribution in [2.75, 3.05) is 32.1 Å². The summed E-state index contributed by atoms with van der Waals surface area (Å²) in [6.07, 6.45) is 1.96. The smallest absolute Gasteiger partial charge is 0.246 e. The van der Waals surface area contributed by atoms with Crippen LogP contribution < -0.4 is 5.32 Å². The molecule has 0 spiro atoms. The van der Waals surface area contributed by atoms with Gasteiger partial charge in [0.25, 0.3) is 0 Å². The summed E-state index contributed by atoms with van der Waals surface area (Å²) >= 11 is 0. The molecule has 1 heterocycles. The Morgan fingerprint density at radius 1 is 1.50 bits per heavy atom. The van der Waals surface area contributed by atoms with E-state index >= 15 is 0 Å². The molecule has 0 aliphatic heterocycles. The van der Waals surface area contributed by atoms with Crippen molar-refractivity contribution in [3.63, 3.8) is 0 Å². The number of aliphatic hydroxyl groups excluding tert-OH is 1. The van der Waals surface area contributed by atoms with E-state index in [1.54, 1.807) is 20.0 Å². The molecule has 0 atom stereocenters. The number of rotatable bonds is 7. The molecule has 7 heteroatoms. The number of hydrogen-bond donors (Lipinski definition) is 2. The number of pyridine rings is 1. The number of anilines is 1. The molecular formula is C11H19N3O3S. The standard InChI is InChI=1S/C11H19N3O3S/c1-3-14(8-5-9-15)18(16,17)10-6-4-7-13-11(10)12-2/h4,6-7,15H,3,5,8-9H2,1-2H3,(H,12,13). The molecular weight excluding hydrogens is 254 g/mol. The highest BCUT2D eigenvalue weighted by Gasteiger charge is 2.25. The molecule has 2 N–H and O–H groups in total. The highest BCUT2D eigenvalue weighted by Crippen LogP contribution is 2.21. The van der Waals surface area contributed by atoms with Gasteiger partial charge in [0, 0.05) is 32.9 Å². The number of sulfonamides is 1. The van der Waals surface area contributed by atoms with Crippen molar-refractivity contribution in [2.45, 2.75) is 18.2 Å². The Labute approximate surface area is 108 Å². The zero-order valence-electron chi connectivity index (χ0n) is 10.6. The second-order valence-electron chi connectivity index (χ2n) is 3.67. The van der Waals surface area contributed by atoms with Gasteiger partial charge in [0.1, 0.15) is 10.7 Å². The maximum absolute atomic E-state index is 12.4. The van der Waals surface area contributed by atoms with E-state index in [0.717, 1.165) is 0 Å². The Bertz CT molecular complexity index is 476. The maximum atomic E-state index is 12.4. The first kappa shape index (κ1) is 14.9. The highest BCUT2D eigenvalue weighted by molar-refractivity contribution is 7.89. The molecule has 0 bridgehead atoms. The third-order valence-electron chi connectivity index (χ3n) is 2.54. The van der Waals surface area contributed by atoms with E-state index in [-0.39, 0.29) is 11.5 Å². The predicted octanol–water partition coefficient (Wildman–Crippen LogP) is 0.516. The van der Waals surface area contributed by atoms with Gasteiger partial charge in [-0.15, -0.1) is 0 Å². The van der Waals surface area contributed by atoms with Crippen molar-refractivity contribution in [1.29, 1.82) is 0 Å². The number of hydrogen-bond acceptors (Lipinski definition) is 5. The van der Waals surface area contributed by atoms with Crippen LogP contribution in [-0.4, -0.2) is 49.6 Å². The van der Waals surface area contributed by atoms with Crippen molar-refractivity contribution < 1.29 is 13.5 Å². The quantitative estimate of drug-likeness (QED) is 0.756. The van der Waals surface area contributed by atoms with Crippen LogP contribution in [0.1, 0.15) is 13.3 Å². The number of nitrogens with zero attached hydrogens (tertiary/aromatic N) is 2. The molecule has 18 heavy (non-hydrogen) atoms. The van der Waals surface area contributed by atoms with Gasteiger partial charge in [0.2, 0.25) is 10.0 Å². The van der Waals surface area contributed by atoms with E-state index in [1.165, 1.54) is 16.6 Å². The summed E-state index contributed by atoms with van der Waals surface area (Å²) in [4.78, 5) is 4.15. The highest BCUT2D eigenvalue weighted by atomic mass is 32.2. The predicted molar refractivity (Wildman–Crippen MR) is 69.9 cm³/mol. The first-order chi connectivity index (χ1) is 8.57. The van der Waals surface area contributed by atoms with Crippen molar-refractivity contribution in [2.24, 2.45) is 0 Å². The van der Waals surface area contributed by atoms with Gasteiger partial charge in [0.05, 0.1) is 0 Å². The Balaban J connectivity index is 3.10. The van der Waals surface area contributed by atoms with Crippen LogP contribution in [0, 0.1) is 0 Å². The Hall–Kier alpha value is -1.18. The van der Waals surface area contributed by atoms with Crippen molar-refractivity contribution in [1.82, 2.24) is 9.29 Å². The lowest BCUT2D eigenvalue weighted by atomic mass is 10.4. The van der Waals surface area contributed by atoms with Crippen LogP contribution in [0.4, 0.5) is 5.82 Å². The van der Waals surface area contributed by atoms with E-state index in [9.17, 15) is 8.42 Å². The molecule has 102 valence electrons. The second kappa shape index (κ2) is 6.67. The monoisotopic (exact) mass is 273 g/mol. The zero-order chi connectivity index (χ0) is 13.6. The molecule has 0 amide bonds. The summed E-state index contributed by atoms with van der Waals surface area (Å²) in [6.45, 7) is 2.40. The minimum atomic E-state index is -3.57. The summed E-state index contributed by atoms with van der Waals surface area (Å²) in [5.74, 6) is 0.333. The first-order valence-corrected chi connectivity index (χ1v) is 7.25. The van der Waals surface area contributed by atoms with E-state index in [0.29, 0.717) is 25.3 Å². The minimum Gasteiger partial charge on any atom is -0.396 e. The molecule has 0 radical (unpaired) electrons. The average Bonchev–Trinajstić information content (AvgIpc) is 2.39. The summed E-state index contributed by atoms with van der Waals surface area (Å²) in [7, 11) is -1.94. The number of nitrogens with one attached hydrogen (secondary N) is 1. The van der Waals surface area contributed by atoms with E-state index < -0.39 is 10.0 Å². The summed E-state index contributed by atoms with van der Waals surface area (Å²) in [5, 5.41) is 11.6. The second-order valence-corrected chi connectivity index (χ2v) is 5.58. The third kappa shape index (κ3) is 3.18. The van der Waals surface area contributed by atoms with E-state index in [1.807, 2.05) is 0 Å². The molecule has 0 fully saturated rings. The van der Waals surface area contributed by atoms with E-state index in [2.05, 4.69) is 10.3 Å². The summed E-state index contributed by atoms with van der Waals surface area (Å²) in [5.41, 5.74) is 0. The molecule has 0 aliphatic rings. The fourth-order valence-electron chi connectivity index (χ4n) is 1.62. The van der Waals surface area contributed by atoms with Gasteiger partial charge in [-0.05, 0) is 18.6 Å². The van der Waals surface area contributed by atoms with Crippen LogP contribution >= 0.6 is 0 Å². The fraction of sp³-hybridized carbons (Fsp3) is 0.545. The fourth-order valence-corrected chi connectivity index (χ4v) is 3.26. The molecule has 0 unspecified atom stereocenters. The van der Waals surface area contributed by atoms with Crippen molar-refractivity contribution >= 4 is 15.8 Å². The van der Waals surface area contributed by atoms with Gasteiger partial charge in [-0.3, -0.25) is 0 Å². The lowest BCUT2D eigenvalue weighted by Crippen LogP contribution is -2.32. The van der Waals surface area contributed by atoms with Crippen LogP contribution in [-0.2, 0) is 10.0 Å². The maximum Gasteiger partial charge on any atom is 0.246 e. The van der Waals surface area contributed by atoms with E-state index in [4.69, 9.17) is 5.11 Å². The largest absolute Gasteiger partial charge is 0.396 e. The van der Waals surface area contributed by atoms with Gasteiger partial charge >= 0.3 is 0 Å². The zero-order valence-corrected chi connectivity index (χ0v) is 11.4. The van der Waals surface area contributed by atoms with Gasteiger partial charge in [-0.2, -0.15) is 4.31 Å². The molecule has 6 nitrogen and oxygen atoms in total. The van der Waals surface area contributed by atoms with Gasteiger partial charge in [-0.25, -0.2) is 13.4 Å². The topological polar surface area (TPSA) is 82.5 Å². The molecule has 1 aromatic rings. The van der Waals surface area contributed by atoms with Crippen LogP contribution in [0.5, 0.6) is 0 Å². The number of aliphatic hydroxyl groups is 1. The molecule has 0 saturated carbocycles. The van der Waals surface area contributed by atoms with Crippen LogP contribution in [0.15, 0.2) is 23.2 Å². The van der Waals surface area contributed by atoms with Crippen molar-refractivity contribution in [3.8, 4) is 0 Å². The summed E-state index contributed by atoms with van der Waals surface area (Å²) < 4.78 is 26.2. The SMILES string of the molecule is CCN(CCCO)S(=O)(=O)c1cccnc1NC. The normalized spacial score (nSPS) is 11.8. The lowest BCUT2D eigenvalue weighted by Gasteiger charge is -2.21. The molecule has 1 rings (SSSR count). The molecule has 1 aromatic heterocycles. The Kier molecular flexibility index (Phi) is 5.52. The molecule has 0 aliphatic carbocycles. The average molecular weight is 273 g/mol. The Morgan fingerprint density at radius 2 is 2.22 bits per heavy atom. The molecule has 0 aromatic carbocycles. The summed E-state index contributed by atoms with van der Waals surface area (Å²) in [6, 6.07) is 3.11. The van der Waals surface area contributed by atoms with Gasteiger partial charge in [0.15, 0.2) is 0 Å².